The number of methoxy groups -OCH3 is 1. The molecule has 1 aliphatic heterocycles. The molecule has 14 heteroatoms. The van der Waals surface area contributed by atoms with Crippen molar-refractivity contribution in [2.24, 2.45) is 5.92 Å². The molecule has 0 spiro atoms. The number of halogens is 3. The molecule has 3 rings (SSSR count). The van der Waals surface area contributed by atoms with Crippen LogP contribution in [0.5, 0.6) is 5.88 Å². The number of likely N-dealkylation sites (N-methyl/N-ethyl adjacent to an activating group) is 1. The fourth-order valence-electron chi connectivity index (χ4n) is 3.69. The van der Waals surface area contributed by atoms with Crippen molar-refractivity contribution in [1.82, 2.24) is 29.8 Å². The number of rotatable bonds is 7. The normalized spacial score (nSPS) is 14.5. The van der Waals surface area contributed by atoms with Crippen molar-refractivity contribution in [3.63, 3.8) is 0 Å². The van der Waals surface area contributed by atoms with Crippen LogP contribution < -0.4 is 4.74 Å². The lowest BCUT2D eigenvalue weighted by atomic mass is 9.97. The Bertz CT molecular complexity index is 1060. The van der Waals surface area contributed by atoms with Crippen molar-refractivity contribution >= 4 is 17.8 Å². The van der Waals surface area contributed by atoms with Gasteiger partial charge in [-0.25, -0.2) is 4.68 Å². The molecule has 3 heterocycles. The molecule has 0 unspecified atom stereocenters. The number of carbonyl (C=O) groups is 3. The first kappa shape index (κ1) is 25.9. The molecule has 0 aromatic carbocycles. The van der Waals surface area contributed by atoms with Crippen molar-refractivity contribution in [2.75, 3.05) is 40.4 Å². The zero-order chi connectivity index (χ0) is 25.8. The molecular weight excluding hydrogens is 473 g/mol. The van der Waals surface area contributed by atoms with Crippen LogP contribution in [0.25, 0.3) is 5.82 Å². The Balaban J connectivity index is 1.72. The Labute approximate surface area is 198 Å². The summed E-state index contributed by atoms with van der Waals surface area (Å²) in [5, 5.41) is 11.0. The number of hydrogen-bond acceptors (Lipinski definition) is 8. The minimum atomic E-state index is -4.94. The topological polar surface area (TPSA) is 120 Å². The van der Waals surface area contributed by atoms with E-state index in [1.807, 2.05) is 0 Å². The standard InChI is InChI=1S/C21H25F3N6O5/c1-4-35-20(33)13-7-9-29(10-8-13)17(31)12-28(2)19(32)14-11-25-30(18(14)21(22,23)24)15-5-6-16(34-3)27-26-15/h5-6,11,13H,4,7-10,12H2,1-3H3. The quantitative estimate of drug-likeness (QED) is 0.528. The number of amides is 2. The van der Waals surface area contributed by atoms with Gasteiger partial charge in [0.25, 0.3) is 5.91 Å². The number of esters is 1. The SMILES string of the molecule is CCOC(=O)C1CCN(C(=O)CN(C)C(=O)c2cnn(-c3ccc(OC)nn3)c2C(F)(F)F)CC1. The van der Waals surface area contributed by atoms with E-state index in [2.05, 4.69) is 15.3 Å². The van der Waals surface area contributed by atoms with Gasteiger partial charge in [0, 0.05) is 26.2 Å². The van der Waals surface area contributed by atoms with Crippen molar-refractivity contribution in [3.05, 3.63) is 29.6 Å². The number of aromatic nitrogens is 4. The molecule has 2 aromatic heterocycles. The van der Waals surface area contributed by atoms with Gasteiger partial charge in [0.2, 0.25) is 11.8 Å². The highest BCUT2D eigenvalue weighted by atomic mass is 19.4. The molecular formula is C21H25F3N6O5. The Morgan fingerprint density at radius 2 is 1.86 bits per heavy atom. The third-order valence-corrected chi connectivity index (χ3v) is 5.51. The van der Waals surface area contributed by atoms with Crippen molar-refractivity contribution in [2.45, 2.75) is 25.9 Å². The minimum Gasteiger partial charge on any atom is -0.480 e. The molecule has 0 saturated carbocycles. The first-order valence-electron chi connectivity index (χ1n) is 10.8. The van der Waals surface area contributed by atoms with Crippen LogP contribution in [-0.4, -0.2) is 88.0 Å². The fourth-order valence-corrected chi connectivity index (χ4v) is 3.69. The maximum absolute atomic E-state index is 13.9. The molecule has 0 radical (unpaired) electrons. The van der Waals surface area contributed by atoms with Crippen LogP contribution in [0.1, 0.15) is 35.8 Å². The molecule has 0 bridgehead atoms. The van der Waals surface area contributed by atoms with Crippen LogP contribution in [-0.2, 0) is 20.5 Å². The highest BCUT2D eigenvalue weighted by Gasteiger charge is 2.42. The average molecular weight is 498 g/mol. The number of nitrogens with zero attached hydrogens (tertiary/aromatic N) is 6. The lowest BCUT2D eigenvalue weighted by Gasteiger charge is -2.32. The van der Waals surface area contributed by atoms with Crippen LogP contribution >= 0.6 is 0 Å². The Morgan fingerprint density at radius 3 is 2.40 bits per heavy atom. The maximum atomic E-state index is 13.9. The second kappa shape index (κ2) is 10.7. The molecule has 1 saturated heterocycles. The van der Waals surface area contributed by atoms with Crippen LogP contribution in [0.4, 0.5) is 13.2 Å². The van der Waals surface area contributed by atoms with E-state index < -0.39 is 35.8 Å². The molecule has 35 heavy (non-hydrogen) atoms. The number of piperidine rings is 1. The first-order valence-corrected chi connectivity index (χ1v) is 10.8. The molecule has 0 aliphatic carbocycles. The van der Waals surface area contributed by atoms with Gasteiger partial charge in [-0.15, -0.1) is 10.2 Å². The first-order chi connectivity index (χ1) is 16.6. The number of ether oxygens (including phenoxy) is 2. The van der Waals surface area contributed by atoms with Crippen LogP contribution in [0.3, 0.4) is 0 Å². The molecule has 11 nitrogen and oxygen atoms in total. The zero-order valence-electron chi connectivity index (χ0n) is 19.4. The Kier molecular flexibility index (Phi) is 7.92. The summed E-state index contributed by atoms with van der Waals surface area (Å²) in [5.74, 6) is -2.26. The predicted molar refractivity (Wildman–Crippen MR) is 114 cm³/mol. The van der Waals surface area contributed by atoms with Gasteiger partial charge in [0.05, 0.1) is 37.9 Å². The lowest BCUT2D eigenvalue weighted by Crippen LogP contribution is -2.45. The fraction of sp³-hybridized carbons (Fsp3) is 0.524. The summed E-state index contributed by atoms with van der Waals surface area (Å²) in [6.45, 7) is 2.11. The molecule has 0 N–H and O–H groups in total. The van der Waals surface area contributed by atoms with Crippen LogP contribution in [0.2, 0.25) is 0 Å². The van der Waals surface area contributed by atoms with Crippen LogP contribution in [0, 0.1) is 5.92 Å². The second-order valence-corrected chi connectivity index (χ2v) is 7.82. The molecule has 0 atom stereocenters. The van der Waals surface area contributed by atoms with Gasteiger partial charge in [0.15, 0.2) is 11.5 Å². The zero-order valence-corrected chi connectivity index (χ0v) is 19.4. The summed E-state index contributed by atoms with van der Waals surface area (Å²) in [4.78, 5) is 39.8. The number of likely N-dealkylation sites (tertiary alicyclic amines) is 1. The average Bonchev–Trinajstić information content (AvgIpc) is 3.29. The van der Waals surface area contributed by atoms with E-state index in [4.69, 9.17) is 9.47 Å². The van der Waals surface area contributed by atoms with E-state index in [9.17, 15) is 27.6 Å². The summed E-state index contributed by atoms with van der Waals surface area (Å²) < 4.78 is 52.0. The molecule has 1 fully saturated rings. The largest absolute Gasteiger partial charge is 0.480 e. The molecule has 190 valence electrons. The van der Waals surface area contributed by atoms with Crippen molar-refractivity contribution in [1.29, 1.82) is 0 Å². The molecule has 1 aliphatic rings. The Hall–Kier alpha value is -3.71. The van der Waals surface area contributed by atoms with E-state index in [1.165, 1.54) is 31.2 Å². The van der Waals surface area contributed by atoms with Gasteiger partial charge in [-0.1, -0.05) is 0 Å². The monoisotopic (exact) mass is 498 g/mol. The number of hydrogen-bond donors (Lipinski definition) is 0. The van der Waals surface area contributed by atoms with E-state index in [0.29, 0.717) is 17.5 Å². The van der Waals surface area contributed by atoms with Gasteiger partial charge < -0.3 is 19.3 Å². The second-order valence-electron chi connectivity index (χ2n) is 7.82. The van der Waals surface area contributed by atoms with E-state index in [0.717, 1.165) is 11.1 Å². The van der Waals surface area contributed by atoms with Gasteiger partial charge in [-0.05, 0) is 25.8 Å². The van der Waals surface area contributed by atoms with Gasteiger partial charge in [0.1, 0.15) is 0 Å². The summed E-state index contributed by atoms with van der Waals surface area (Å²) in [6.07, 6.45) is -3.34. The van der Waals surface area contributed by atoms with Crippen molar-refractivity contribution in [3.8, 4) is 11.7 Å². The van der Waals surface area contributed by atoms with Gasteiger partial charge in [-0.3, -0.25) is 14.4 Å². The smallest absolute Gasteiger partial charge is 0.434 e. The maximum Gasteiger partial charge on any atom is 0.434 e. The van der Waals surface area contributed by atoms with Gasteiger partial charge in [-0.2, -0.15) is 18.3 Å². The highest BCUT2D eigenvalue weighted by Crippen LogP contribution is 2.34. The van der Waals surface area contributed by atoms with E-state index >= 15 is 0 Å². The van der Waals surface area contributed by atoms with E-state index in [-0.39, 0.29) is 43.3 Å². The predicted octanol–water partition coefficient (Wildman–Crippen LogP) is 1.56. The van der Waals surface area contributed by atoms with Crippen LogP contribution in [0.15, 0.2) is 18.3 Å². The summed E-state index contributed by atoms with van der Waals surface area (Å²) in [6, 6.07) is 2.52. The highest BCUT2D eigenvalue weighted by molar-refractivity contribution is 5.97. The number of carbonyl (C=O) groups excluding carboxylic acids is 3. The third-order valence-electron chi connectivity index (χ3n) is 5.51. The Morgan fingerprint density at radius 1 is 1.17 bits per heavy atom. The lowest BCUT2D eigenvalue weighted by molar-refractivity contribution is -0.151. The summed E-state index contributed by atoms with van der Waals surface area (Å²) in [5.41, 5.74) is -2.07. The van der Waals surface area contributed by atoms with E-state index in [1.54, 1.807) is 6.92 Å². The van der Waals surface area contributed by atoms with Gasteiger partial charge >= 0.3 is 12.1 Å². The molecule has 2 aromatic rings. The third kappa shape index (κ3) is 5.87. The number of alkyl halides is 3. The summed E-state index contributed by atoms with van der Waals surface area (Å²) in [7, 11) is 2.56. The molecule has 2 amide bonds. The summed E-state index contributed by atoms with van der Waals surface area (Å²) >= 11 is 0. The minimum absolute atomic E-state index is 0.0929. The van der Waals surface area contributed by atoms with Crippen molar-refractivity contribution < 1.29 is 37.0 Å².